The van der Waals surface area contributed by atoms with Crippen LogP contribution in [0.5, 0.6) is 11.5 Å². The van der Waals surface area contributed by atoms with Gasteiger partial charge in [0.25, 0.3) is 0 Å². The highest BCUT2D eigenvalue weighted by Gasteiger charge is 2.10. The molecule has 1 N–H and O–H groups in total. The molecule has 148 valence electrons. The van der Waals surface area contributed by atoms with E-state index < -0.39 is 5.97 Å². The Labute approximate surface area is 171 Å². The molecule has 0 radical (unpaired) electrons. The van der Waals surface area contributed by atoms with Gasteiger partial charge >= 0.3 is 5.97 Å². The zero-order chi connectivity index (χ0) is 20.6. The lowest BCUT2D eigenvalue weighted by Crippen LogP contribution is -2.10. The Balaban J connectivity index is 1.59. The van der Waals surface area contributed by atoms with Crippen LogP contribution in [-0.2, 0) is 4.79 Å². The summed E-state index contributed by atoms with van der Waals surface area (Å²) < 4.78 is 11.6. The smallest absolute Gasteiger partial charge is 0.336 e. The van der Waals surface area contributed by atoms with Gasteiger partial charge in [-0.15, -0.1) is 0 Å². The van der Waals surface area contributed by atoms with Crippen LogP contribution >= 0.6 is 0 Å². The molecule has 0 unspecified atom stereocenters. The van der Waals surface area contributed by atoms with Gasteiger partial charge in [0.15, 0.2) is 0 Å². The quantitative estimate of drug-likeness (QED) is 0.319. The first-order chi connectivity index (χ1) is 14.0. The second kappa shape index (κ2) is 9.60. The number of carboxylic acid groups (broad SMARTS) is 1. The van der Waals surface area contributed by atoms with Gasteiger partial charge in [0.05, 0.1) is 5.57 Å². The van der Waals surface area contributed by atoms with Crippen LogP contribution in [-0.4, -0.2) is 24.3 Å². The molecule has 3 rings (SSSR count). The predicted molar refractivity (Wildman–Crippen MR) is 115 cm³/mol. The number of carboxylic acids is 1. The first kappa shape index (κ1) is 20.2. The average molecular weight is 388 g/mol. The number of hydrogen-bond donors (Lipinski definition) is 1. The number of carbonyl (C=O) groups is 1. The van der Waals surface area contributed by atoms with Gasteiger partial charge in [0.1, 0.15) is 24.7 Å². The number of rotatable bonds is 8. The molecule has 0 aliphatic heterocycles. The lowest BCUT2D eigenvalue weighted by Gasteiger charge is -2.12. The van der Waals surface area contributed by atoms with Crippen LogP contribution in [0.1, 0.15) is 22.3 Å². The van der Waals surface area contributed by atoms with Gasteiger partial charge in [0, 0.05) is 0 Å². The van der Waals surface area contributed by atoms with Crippen molar-refractivity contribution in [3.05, 3.63) is 95.1 Å². The zero-order valence-electron chi connectivity index (χ0n) is 16.6. The van der Waals surface area contributed by atoms with Gasteiger partial charge in [-0.2, -0.15) is 0 Å². The average Bonchev–Trinajstić information content (AvgIpc) is 2.72. The van der Waals surface area contributed by atoms with E-state index in [1.807, 2.05) is 74.5 Å². The van der Waals surface area contributed by atoms with E-state index in [9.17, 15) is 9.90 Å². The number of hydrogen-bond acceptors (Lipinski definition) is 3. The Morgan fingerprint density at radius 3 is 2.07 bits per heavy atom. The molecule has 0 aliphatic rings. The van der Waals surface area contributed by atoms with Crippen LogP contribution in [0, 0.1) is 13.8 Å². The largest absolute Gasteiger partial charge is 0.490 e. The predicted octanol–water partition coefficient (Wildman–Crippen LogP) is 5.39. The highest BCUT2D eigenvalue weighted by molar-refractivity contribution is 6.20. The van der Waals surface area contributed by atoms with Crippen molar-refractivity contribution < 1.29 is 19.4 Å². The van der Waals surface area contributed by atoms with Crippen LogP contribution < -0.4 is 9.47 Å². The Hall–Kier alpha value is -3.53. The maximum absolute atomic E-state index is 11.6. The summed E-state index contributed by atoms with van der Waals surface area (Å²) in [5.74, 6) is 0.655. The van der Waals surface area contributed by atoms with Crippen molar-refractivity contribution in [2.24, 2.45) is 0 Å². The molecular formula is C25H24O4. The topological polar surface area (TPSA) is 55.8 Å². The van der Waals surface area contributed by atoms with E-state index in [0.717, 1.165) is 22.4 Å². The molecule has 0 atom stereocenters. The molecule has 0 heterocycles. The lowest BCUT2D eigenvalue weighted by atomic mass is 10.0. The Morgan fingerprint density at radius 2 is 1.45 bits per heavy atom. The molecule has 0 saturated heterocycles. The summed E-state index contributed by atoms with van der Waals surface area (Å²) in [6, 6.07) is 22.5. The first-order valence-electron chi connectivity index (χ1n) is 9.47. The molecule has 0 aromatic heterocycles. The summed E-state index contributed by atoms with van der Waals surface area (Å²) in [6.45, 7) is 4.92. The summed E-state index contributed by atoms with van der Waals surface area (Å²) in [4.78, 5) is 11.6. The van der Waals surface area contributed by atoms with Crippen LogP contribution in [0.4, 0.5) is 0 Å². The number of aliphatic carboxylic acids is 1. The van der Waals surface area contributed by atoms with E-state index in [0.29, 0.717) is 24.5 Å². The van der Waals surface area contributed by atoms with Crippen molar-refractivity contribution in [1.82, 2.24) is 0 Å². The van der Waals surface area contributed by atoms with Gasteiger partial charge in [-0.05, 0) is 54.3 Å². The van der Waals surface area contributed by atoms with Crippen LogP contribution in [0.2, 0.25) is 0 Å². The van der Waals surface area contributed by atoms with Crippen LogP contribution in [0.15, 0.2) is 72.8 Å². The van der Waals surface area contributed by atoms with E-state index in [-0.39, 0.29) is 5.57 Å². The Bertz CT molecular complexity index is 969. The summed E-state index contributed by atoms with van der Waals surface area (Å²) in [7, 11) is 0. The van der Waals surface area contributed by atoms with E-state index in [1.165, 1.54) is 0 Å². The number of benzene rings is 3. The fourth-order valence-electron chi connectivity index (χ4n) is 3.04. The molecule has 0 fully saturated rings. The maximum atomic E-state index is 11.6. The fourth-order valence-corrected chi connectivity index (χ4v) is 3.04. The van der Waals surface area contributed by atoms with Crippen molar-refractivity contribution in [2.45, 2.75) is 13.8 Å². The van der Waals surface area contributed by atoms with E-state index in [2.05, 4.69) is 0 Å². The molecule has 3 aromatic rings. The maximum Gasteiger partial charge on any atom is 0.336 e. The van der Waals surface area contributed by atoms with Gasteiger partial charge in [-0.25, -0.2) is 4.79 Å². The summed E-state index contributed by atoms with van der Waals surface area (Å²) in [5, 5.41) is 9.51. The van der Waals surface area contributed by atoms with Crippen molar-refractivity contribution in [2.75, 3.05) is 13.2 Å². The van der Waals surface area contributed by atoms with Crippen molar-refractivity contribution in [3.63, 3.8) is 0 Å². The van der Waals surface area contributed by atoms with Crippen LogP contribution in [0.3, 0.4) is 0 Å². The Kier molecular flexibility index (Phi) is 6.69. The third-order valence-corrected chi connectivity index (χ3v) is 4.51. The molecule has 0 aliphatic carbocycles. The molecular weight excluding hydrogens is 364 g/mol. The van der Waals surface area contributed by atoms with E-state index >= 15 is 0 Å². The first-order valence-corrected chi connectivity index (χ1v) is 9.47. The van der Waals surface area contributed by atoms with Crippen LogP contribution in [0.25, 0.3) is 11.6 Å². The van der Waals surface area contributed by atoms with Gasteiger partial charge in [0.2, 0.25) is 0 Å². The number of para-hydroxylation sites is 1. The van der Waals surface area contributed by atoms with Crippen molar-refractivity contribution in [1.29, 1.82) is 0 Å². The molecule has 29 heavy (non-hydrogen) atoms. The zero-order valence-corrected chi connectivity index (χ0v) is 16.6. The van der Waals surface area contributed by atoms with E-state index in [4.69, 9.17) is 9.47 Å². The van der Waals surface area contributed by atoms with Gasteiger partial charge in [-0.1, -0.05) is 60.7 Å². The highest BCUT2D eigenvalue weighted by Crippen LogP contribution is 2.23. The standard InChI is InChI=1S/C25H24O4/c1-18-7-6-8-19(2)24(18)29-16-15-28-22-13-11-20(12-14-22)17-23(25(26)27)21-9-4-3-5-10-21/h3-14,17H,15-16H2,1-2H3,(H,26,27)/b23-17-. The van der Waals surface area contributed by atoms with Crippen molar-refractivity contribution in [3.8, 4) is 11.5 Å². The molecule has 0 saturated carbocycles. The summed E-state index contributed by atoms with van der Waals surface area (Å²) >= 11 is 0. The minimum Gasteiger partial charge on any atom is -0.490 e. The molecule has 0 bridgehead atoms. The SMILES string of the molecule is Cc1cccc(C)c1OCCOc1ccc(/C=C(\C(=O)O)c2ccccc2)cc1. The molecule has 3 aromatic carbocycles. The van der Waals surface area contributed by atoms with E-state index in [1.54, 1.807) is 18.2 Å². The summed E-state index contributed by atoms with van der Waals surface area (Å²) in [6.07, 6.45) is 1.66. The Morgan fingerprint density at radius 1 is 0.828 bits per heavy atom. The number of ether oxygens (including phenoxy) is 2. The fraction of sp³-hybridized carbons (Fsp3) is 0.160. The lowest BCUT2D eigenvalue weighted by molar-refractivity contribution is -0.130. The third kappa shape index (κ3) is 5.48. The molecule has 0 amide bonds. The molecule has 4 heteroatoms. The minimum absolute atomic E-state index is 0.251. The molecule has 4 nitrogen and oxygen atoms in total. The molecule has 0 spiro atoms. The van der Waals surface area contributed by atoms with Crippen molar-refractivity contribution >= 4 is 17.6 Å². The monoisotopic (exact) mass is 388 g/mol. The second-order valence-corrected chi connectivity index (χ2v) is 6.72. The second-order valence-electron chi connectivity index (χ2n) is 6.72. The highest BCUT2D eigenvalue weighted by atomic mass is 16.5. The minimum atomic E-state index is -0.958. The normalized spacial score (nSPS) is 11.2. The number of aryl methyl sites for hydroxylation is 2. The van der Waals surface area contributed by atoms with Gasteiger partial charge < -0.3 is 14.6 Å². The summed E-state index contributed by atoms with van der Waals surface area (Å²) in [5.41, 5.74) is 3.93. The van der Waals surface area contributed by atoms with Gasteiger partial charge in [-0.3, -0.25) is 0 Å². The third-order valence-electron chi connectivity index (χ3n) is 4.51.